The summed E-state index contributed by atoms with van der Waals surface area (Å²) in [5.41, 5.74) is 1.70. The molecule has 0 saturated carbocycles. The van der Waals surface area contributed by atoms with E-state index in [4.69, 9.17) is 9.47 Å². The third kappa shape index (κ3) is 11.6. The fourth-order valence-electron chi connectivity index (χ4n) is 4.56. The Hall–Kier alpha value is -2.53. The molecule has 218 valence electrons. The number of unbranched alkanes of at least 4 members (excludes halogenated alkanes) is 2. The largest absolute Gasteiger partial charge is 0.457 e. The van der Waals surface area contributed by atoms with E-state index < -0.39 is 10.0 Å². The topological polar surface area (TPSA) is 100 Å². The molecule has 1 heterocycles. The van der Waals surface area contributed by atoms with E-state index in [0.29, 0.717) is 24.6 Å². The number of benzene rings is 2. The molecule has 3 rings (SSSR count). The number of hydrogen-bond donors (Lipinski definition) is 2. The van der Waals surface area contributed by atoms with Gasteiger partial charge in [0, 0.05) is 51.6 Å². The van der Waals surface area contributed by atoms with Crippen LogP contribution in [0.1, 0.15) is 44.6 Å². The maximum atomic E-state index is 12.8. The number of nitrogens with zero attached hydrogens (tertiary/aromatic N) is 2. The lowest BCUT2D eigenvalue weighted by atomic mass is 10.0. The molecule has 2 aromatic carbocycles. The summed E-state index contributed by atoms with van der Waals surface area (Å²) >= 11 is 0. The Morgan fingerprint density at radius 3 is 2.21 bits per heavy atom. The number of carbonyl (C=O) groups excluding carboxylic acids is 1. The van der Waals surface area contributed by atoms with Crippen LogP contribution in [0.15, 0.2) is 48.5 Å². The number of methoxy groups -OCH3 is 1. The summed E-state index contributed by atoms with van der Waals surface area (Å²) in [5, 5.41) is 3.09. The number of anilines is 1. The van der Waals surface area contributed by atoms with Crippen molar-refractivity contribution >= 4 is 34.1 Å². The van der Waals surface area contributed by atoms with Crippen molar-refractivity contribution in [3.63, 3.8) is 0 Å². The van der Waals surface area contributed by atoms with Gasteiger partial charge in [-0.25, -0.2) is 13.2 Å². The lowest BCUT2D eigenvalue weighted by molar-refractivity contribution is 0.0930. The molecule has 0 bridgehead atoms. The Kier molecular flexibility index (Phi) is 13.9. The highest BCUT2D eigenvalue weighted by Crippen LogP contribution is 2.25. The molecule has 2 amide bonds. The summed E-state index contributed by atoms with van der Waals surface area (Å²) < 4.78 is 36.3. The van der Waals surface area contributed by atoms with Crippen LogP contribution < -0.4 is 14.8 Å². The number of rotatable bonds is 14. The third-order valence-corrected chi connectivity index (χ3v) is 7.18. The fraction of sp³-hybridized carbons (Fsp3) is 0.536. The Bertz CT molecular complexity index is 1090. The highest BCUT2D eigenvalue weighted by Gasteiger charge is 2.27. The van der Waals surface area contributed by atoms with E-state index in [0.717, 1.165) is 70.3 Å². The van der Waals surface area contributed by atoms with Crippen LogP contribution in [-0.4, -0.2) is 76.4 Å². The van der Waals surface area contributed by atoms with Gasteiger partial charge >= 0.3 is 6.03 Å². The second-order valence-electron chi connectivity index (χ2n) is 9.78. The van der Waals surface area contributed by atoms with Crippen molar-refractivity contribution in [2.45, 2.75) is 51.6 Å². The second-order valence-corrected chi connectivity index (χ2v) is 11.5. The molecule has 2 N–H and O–H groups in total. The Morgan fingerprint density at radius 1 is 1.03 bits per heavy atom. The van der Waals surface area contributed by atoms with Crippen LogP contribution in [-0.2, 0) is 21.3 Å². The molecule has 1 fully saturated rings. The monoisotopic (exact) mass is 582 g/mol. The molecule has 1 saturated heterocycles. The minimum Gasteiger partial charge on any atom is -0.457 e. The molecule has 0 atom stereocenters. The maximum absolute atomic E-state index is 12.8. The van der Waals surface area contributed by atoms with E-state index in [1.54, 1.807) is 31.4 Å². The predicted molar refractivity (Wildman–Crippen MR) is 158 cm³/mol. The predicted octanol–water partition coefficient (Wildman–Crippen LogP) is 5.08. The zero-order valence-electron chi connectivity index (χ0n) is 23.2. The number of halogens is 1. The summed E-state index contributed by atoms with van der Waals surface area (Å²) in [5.74, 6) is 1.35. The lowest BCUT2D eigenvalue weighted by Crippen LogP contribution is -2.51. The quantitative estimate of drug-likeness (QED) is 0.301. The number of carbonyl (C=O) groups is 1. The van der Waals surface area contributed by atoms with Crippen LogP contribution in [0.3, 0.4) is 0 Å². The number of urea groups is 1. The van der Waals surface area contributed by atoms with Crippen molar-refractivity contribution in [3.05, 3.63) is 54.1 Å². The first-order valence-electron chi connectivity index (χ1n) is 13.4. The van der Waals surface area contributed by atoms with E-state index >= 15 is 0 Å². The van der Waals surface area contributed by atoms with E-state index in [1.165, 1.54) is 5.56 Å². The first-order chi connectivity index (χ1) is 18.3. The Balaban J connectivity index is 0.00000533. The summed E-state index contributed by atoms with van der Waals surface area (Å²) in [6.07, 6.45) is 6.28. The molecule has 11 heteroatoms. The number of hydrogen-bond acceptors (Lipinski definition) is 6. The van der Waals surface area contributed by atoms with Gasteiger partial charge in [0.1, 0.15) is 11.5 Å². The van der Waals surface area contributed by atoms with Gasteiger partial charge in [0.25, 0.3) is 0 Å². The van der Waals surface area contributed by atoms with Crippen molar-refractivity contribution in [3.8, 4) is 11.5 Å². The summed E-state index contributed by atoms with van der Waals surface area (Å²) in [6, 6.07) is 15.1. The first-order valence-corrected chi connectivity index (χ1v) is 15.3. The number of piperidine rings is 1. The number of sulfonamides is 1. The molecular weight excluding hydrogens is 540 g/mol. The van der Waals surface area contributed by atoms with Crippen LogP contribution in [0.2, 0.25) is 0 Å². The highest BCUT2D eigenvalue weighted by atomic mass is 35.5. The molecule has 0 aromatic heterocycles. The normalized spacial score (nSPS) is 14.3. The SMILES string of the molecule is CCCCCNC(=O)N(CCOC)C1CCN(Cc2ccc(Oc3ccc(NS(C)(=O)=O)cc3)cc2)CC1.Cl. The smallest absolute Gasteiger partial charge is 0.317 e. The molecule has 0 aliphatic carbocycles. The lowest BCUT2D eigenvalue weighted by Gasteiger charge is -2.38. The van der Waals surface area contributed by atoms with Gasteiger partial charge in [-0.1, -0.05) is 31.9 Å². The highest BCUT2D eigenvalue weighted by molar-refractivity contribution is 7.92. The number of ether oxygens (including phenoxy) is 2. The first kappa shape index (κ1) is 32.7. The average molecular weight is 583 g/mol. The van der Waals surface area contributed by atoms with E-state index in [2.05, 4.69) is 34.0 Å². The fourth-order valence-corrected chi connectivity index (χ4v) is 5.13. The molecule has 0 unspecified atom stereocenters. The summed E-state index contributed by atoms with van der Waals surface area (Å²) in [4.78, 5) is 17.2. The van der Waals surface area contributed by atoms with Gasteiger partial charge in [0.05, 0.1) is 12.9 Å². The molecule has 1 aliphatic rings. The molecular formula is C28H43ClN4O5S. The second kappa shape index (κ2) is 16.5. The van der Waals surface area contributed by atoms with Crippen molar-refractivity contribution < 1.29 is 22.7 Å². The van der Waals surface area contributed by atoms with Crippen LogP contribution in [0, 0.1) is 0 Å². The maximum Gasteiger partial charge on any atom is 0.317 e. The third-order valence-electron chi connectivity index (χ3n) is 6.57. The van der Waals surface area contributed by atoms with Crippen molar-refractivity contribution in [2.24, 2.45) is 0 Å². The zero-order chi connectivity index (χ0) is 27.4. The van der Waals surface area contributed by atoms with Gasteiger partial charge in [0.15, 0.2) is 0 Å². The van der Waals surface area contributed by atoms with E-state index in [9.17, 15) is 13.2 Å². The standard InChI is InChI=1S/C28H42N4O5S.ClH/c1-4-5-6-17-29-28(33)32(20-21-36-2)25-15-18-31(19-16-25)22-23-7-11-26(12-8-23)37-27-13-9-24(10-14-27)30-38(3,34)35;/h7-14,25,30H,4-6,15-22H2,1-3H3,(H,29,33);1H. The van der Waals surface area contributed by atoms with Gasteiger partial charge < -0.3 is 19.7 Å². The van der Waals surface area contributed by atoms with Gasteiger partial charge in [-0.2, -0.15) is 0 Å². The molecule has 0 radical (unpaired) electrons. The van der Waals surface area contributed by atoms with Crippen molar-refractivity contribution in [2.75, 3.05) is 50.9 Å². The average Bonchev–Trinajstić information content (AvgIpc) is 2.89. The molecule has 1 aliphatic heterocycles. The van der Waals surface area contributed by atoms with Crippen LogP contribution >= 0.6 is 12.4 Å². The molecule has 2 aromatic rings. The van der Waals surface area contributed by atoms with Crippen molar-refractivity contribution in [1.29, 1.82) is 0 Å². The number of nitrogens with one attached hydrogen (secondary N) is 2. The number of amides is 2. The van der Waals surface area contributed by atoms with Gasteiger partial charge in [-0.15, -0.1) is 12.4 Å². The van der Waals surface area contributed by atoms with E-state index in [1.807, 2.05) is 17.0 Å². The van der Waals surface area contributed by atoms with Crippen LogP contribution in [0.5, 0.6) is 11.5 Å². The van der Waals surface area contributed by atoms with E-state index in [-0.39, 0.29) is 24.5 Å². The molecule has 0 spiro atoms. The van der Waals surface area contributed by atoms with Gasteiger partial charge in [-0.05, 0) is 61.2 Å². The van der Waals surface area contributed by atoms with Crippen LogP contribution in [0.25, 0.3) is 0 Å². The number of likely N-dealkylation sites (tertiary alicyclic amines) is 1. The van der Waals surface area contributed by atoms with Crippen molar-refractivity contribution in [1.82, 2.24) is 15.1 Å². The minimum atomic E-state index is -3.31. The zero-order valence-corrected chi connectivity index (χ0v) is 24.9. The Morgan fingerprint density at radius 2 is 1.64 bits per heavy atom. The Labute approximate surface area is 239 Å². The van der Waals surface area contributed by atoms with Gasteiger partial charge in [0.2, 0.25) is 10.0 Å². The minimum absolute atomic E-state index is 0. The van der Waals surface area contributed by atoms with Gasteiger partial charge in [-0.3, -0.25) is 9.62 Å². The molecule has 9 nitrogen and oxygen atoms in total. The van der Waals surface area contributed by atoms with Crippen LogP contribution in [0.4, 0.5) is 10.5 Å². The summed E-state index contributed by atoms with van der Waals surface area (Å²) in [7, 11) is -1.63. The summed E-state index contributed by atoms with van der Waals surface area (Å²) in [6.45, 7) is 6.75. The molecule has 39 heavy (non-hydrogen) atoms.